The van der Waals surface area contributed by atoms with Gasteiger partial charge in [-0.1, -0.05) is 52.0 Å². The van der Waals surface area contributed by atoms with Gasteiger partial charge >= 0.3 is 0 Å². The van der Waals surface area contributed by atoms with Crippen LogP contribution in [0.2, 0.25) is 0 Å². The first kappa shape index (κ1) is 28.6. The molecule has 3 amide bonds. The zero-order valence-electron chi connectivity index (χ0n) is 24.3. The van der Waals surface area contributed by atoms with Crippen molar-refractivity contribution in [2.45, 2.75) is 84.1 Å². The average Bonchev–Trinajstić information content (AvgIpc) is 3.58. The lowest BCUT2D eigenvalue weighted by molar-refractivity contribution is -0.148. The van der Waals surface area contributed by atoms with Crippen molar-refractivity contribution in [2.24, 2.45) is 23.2 Å². The summed E-state index contributed by atoms with van der Waals surface area (Å²) in [5.41, 5.74) is 1.92. The zero-order valence-corrected chi connectivity index (χ0v) is 24.3. The van der Waals surface area contributed by atoms with Crippen LogP contribution in [-0.4, -0.2) is 77.9 Å². The van der Waals surface area contributed by atoms with Crippen LogP contribution in [0.3, 0.4) is 0 Å². The molecule has 3 N–H and O–H groups in total. The Balaban J connectivity index is 1.53. The summed E-state index contributed by atoms with van der Waals surface area (Å²) in [6, 6.07) is 8.48. The van der Waals surface area contributed by atoms with Crippen LogP contribution in [0.4, 0.5) is 0 Å². The molecule has 5 rings (SSSR count). The summed E-state index contributed by atoms with van der Waals surface area (Å²) in [6.45, 7) is 11.2. The molecule has 2 bridgehead atoms. The summed E-state index contributed by atoms with van der Waals surface area (Å²) < 4.78 is 0. The molecular weight excluding hydrogens is 504 g/mol. The molecular formula is C31H44N6O3. The van der Waals surface area contributed by atoms with Gasteiger partial charge in [0, 0.05) is 31.6 Å². The Kier molecular flexibility index (Phi) is 8.21. The normalized spacial score (nSPS) is 33.3. The monoisotopic (exact) mass is 548 g/mol. The molecule has 0 saturated carbocycles. The summed E-state index contributed by atoms with van der Waals surface area (Å²) in [4.78, 5) is 45.8. The second-order valence-electron chi connectivity index (χ2n) is 13.3. The largest absolute Gasteiger partial charge is 0.354 e. The number of hydrogen-bond donors (Lipinski definition) is 3. The minimum absolute atomic E-state index is 0.0158. The number of carbonyl (C=O) groups excluding carboxylic acids is 3. The lowest BCUT2D eigenvalue weighted by Gasteiger charge is -2.45. The van der Waals surface area contributed by atoms with E-state index in [4.69, 9.17) is 0 Å². The maximum Gasteiger partial charge on any atom is 0.244 e. The molecule has 0 aromatic heterocycles. The third kappa shape index (κ3) is 5.61. The number of hydrogen-bond acceptors (Lipinski definition) is 6. The average molecular weight is 549 g/mol. The first-order valence-corrected chi connectivity index (χ1v) is 14.9. The van der Waals surface area contributed by atoms with E-state index in [1.54, 1.807) is 4.90 Å². The Morgan fingerprint density at radius 1 is 1.05 bits per heavy atom. The molecule has 1 aromatic carbocycles. The van der Waals surface area contributed by atoms with Crippen molar-refractivity contribution >= 4 is 17.7 Å². The summed E-state index contributed by atoms with van der Waals surface area (Å²) >= 11 is 0. The number of benzene rings is 1. The SMILES string of the molecule is CC(C)C1CCN2C(=O)[C@@H](N3CCc4ccccc4C3)C(C)(C)CNC(=O)[C@@H]3CC(CN3)C[C@@H](C#N)NC(=O)[C@H]12. The Morgan fingerprint density at radius 2 is 1.80 bits per heavy atom. The van der Waals surface area contributed by atoms with Gasteiger partial charge in [-0.3, -0.25) is 19.3 Å². The van der Waals surface area contributed by atoms with Crippen LogP contribution in [0.15, 0.2) is 24.3 Å². The maximum absolute atomic E-state index is 14.7. The number of amides is 3. The highest BCUT2D eigenvalue weighted by Gasteiger charge is 2.50. The van der Waals surface area contributed by atoms with Crippen molar-refractivity contribution in [1.29, 1.82) is 5.26 Å². The lowest BCUT2D eigenvalue weighted by atomic mass is 9.80. The van der Waals surface area contributed by atoms with Crippen LogP contribution < -0.4 is 16.0 Å². The molecule has 9 nitrogen and oxygen atoms in total. The van der Waals surface area contributed by atoms with Crippen LogP contribution >= 0.6 is 0 Å². The first-order chi connectivity index (χ1) is 19.1. The van der Waals surface area contributed by atoms with Crippen molar-refractivity contribution in [1.82, 2.24) is 25.8 Å². The van der Waals surface area contributed by atoms with Crippen molar-refractivity contribution in [3.05, 3.63) is 35.4 Å². The van der Waals surface area contributed by atoms with Gasteiger partial charge in [0.2, 0.25) is 17.7 Å². The predicted octanol–water partition coefficient (Wildman–Crippen LogP) is 1.82. The minimum atomic E-state index is -0.664. The van der Waals surface area contributed by atoms with Crippen LogP contribution in [0.5, 0.6) is 0 Å². The molecule has 0 aliphatic carbocycles. The van der Waals surface area contributed by atoms with Gasteiger partial charge in [-0.25, -0.2) is 0 Å². The highest BCUT2D eigenvalue weighted by molar-refractivity contribution is 5.91. The highest BCUT2D eigenvalue weighted by atomic mass is 16.2. The number of fused-ring (bicyclic) bond motifs is 4. The lowest BCUT2D eigenvalue weighted by Crippen LogP contribution is -2.62. The van der Waals surface area contributed by atoms with E-state index in [2.05, 4.69) is 72.8 Å². The molecule has 6 atom stereocenters. The fraction of sp³-hybridized carbons (Fsp3) is 0.677. The number of nitrogens with one attached hydrogen (secondary N) is 3. The Labute approximate surface area is 238 Å². The van der Waals surface area contributed by atoms with Gasteiger partial charge in [-0.15, -0.1) is 0 Å². The maximum atomic E-state index is 14.7. The van der Waals surface area contributed by atoms with Crippen molar-refractivity contribution in [2.75, 3.05) is 26.2 Å². The van der Waals surface area contributed by atoms with Gasteiger partial charge in [0.15, 0.2) is 0 Å². The van der Waals surface area contributed by atoms with Crippen LogP contribution in [0, 0.1) is 34.5 Å². The molecule has 40 heavy (non-hydrogen) atoms. The molecule has 3 saturated heterocycles. The van der Waals surface area contributed by atoms with E-state index in [1.807, 2.05) is 6.07 Å². The summed E-state index contributed by atoms with van der Waals surface area (Å²) in [5, 5.41) is 19.4. The quantitative estimate of drug-likeness (QED) is 0.519. The van der Waals surface area contributed by atoms with Crippen LogP contribution in [0.1, 0.15) is 58.1 Å². The van der Waals surface area contributed by atoms with Crippen LogP contribution in [0.25, 0.3) is 0 Å². The van der Waals surface area contributed by atoms with Crippen LogP contribution in [-0.2, 0) is 27.3 Å². The highest BCUT2D eigenvalue weighted by Crippen LogP contribution is 2.36. The van der Waals surface area contributed by atoms with Gasteiger partial charge in [0.25, 0.3) is 0 Å². The van der Waals surface area contributed by atoms with E-state index in [1.165, 1.54) is 11.1 Å². The van der Waals surface area contributed by atoms with E-state index in [0.717, 1.165) is 19.4 Å². The minimum Gasteiger partial charge on any atom is -0.354 e. The van der Waals surface area contributed by atoms with E-state index >= 15 is 0 Å². The second kappa shape index (κ2) is 11.5. The molecule has 3 fully saturated rings. The van der Waals surface area contributed by atoms with Crippen molar-refractivity contribution in [3.8, 4) is 6.07 Å². The van der Waals surface area contributed by atoms with E-state index < -0.39 is 23.5 Å². The van der Waals surface area contributed by atoms with Gasteiger partial charge in [0.1, 0.15) is 12.1 Å². The molecule has 4 aliphatic heterocycles. The standard InChI is InChI=1S/C31H44N6O3/c1-19(2)24-10-12-37-26(24)29(39)35-23(15-32)13-20-14-25(33-16-20)28(38)34-18-31(3,4)27(30(37)40)36-11-9-21-7-5-6-8-22(21)17-36/h5-8,19-20,23-27,33H,9-14,16-18H2,1-4H3,(H,34,38)(H,35,39)/t20?,23-,24?,25-,26-,27+/m0/s1. The van der Waals surface area contributed by atoms with Gasteiger partial charge in [-0.05, 0) is 61.1 Å². The fourth-order valence-corrected chi connectivity index (χ4v) is 7.43. The van der Waals surface area contributed by atoms with Gasteiger partial charge in [0.05, 0.1) is 18.2 Å². The number of carbonyl (C=O) groups is 3. The molecule has 0 spiro atoms. The number of rotatable bonds is 2. The summed E-state index contributed by atoms with van der Waals surface area (Å²) in [6.07, 6.45) is 2.70. The third-order valence-electron chi connectivity index (χ3n) is 9.65. The topological polar surface area (TPSA) is 118 Å². The zero-order chi connectivity index (χ0) is 28.6. The van der Waals surface area contributed by atoms with Crippen molar-refractivity contribution in [3.63, 3.8) is 0 Å². The smallest absolute Gasteiger partial charge is 0.244 e. The van der Waals surface area contributed by atoms with E-state index in [9.17, 15) is 19.6 Å². The first-order valence-electron chi connectivity index (χ1n) is 14.9. The number of nitrogens with zero attached hydrogens (tertiary/aromatic N) is 3. The number of nitriles is 1. The summed E-state index contributed by atoms with van der Waals surface area (Å²) in [7, 11) is 0. The third-order valence-corrected chi connectivity index (χ3v) is 9.65. The van der Waals surface area contributed by atoms with Crippen molar-refractivity contribution < 1.29 is 14.4 Å². The molecule has 216 valence electrons. The van der Waals surface area contributed by atoms with E-state index in [0.29, 0.717) is 39.0 Å². The fourth-order valence-electron chi connectivity index (χ4n) is 7.43. The Bertz CT molecular complexity index is 1180. The molecule has 4 aliphatic rings. The Morgan fingerprint density at radius 3 is 2.52 bits per heavy atom. The summed E-state index contributed by atoms with van der Waals surface area (Å²) in [5.74, 6) is -0.0295. The van der Waals surface area contributed by atoms with Gasteiger partial charge in [-0.2, -0.15) is 5.26 Å². The van der Waals surface area contributed by atoms with Gasteiger partial charge < -0.3 is 20.9 Å². The molecule has 9 heteroatoms. The molecule has 1 aromatic rings. The Hall–Kier alpha value is -2.96. The molecule has 2 unspecified atom stereocenters. The molecule has 4 heterocycles. The van der Waals surface area contributed by atoms with E-state index in [-0.39, 0.29) is 41.5 Å². The second-order valence-corrected chi connectivity index (χ2v) is 13.3. The predicted molar refractivity (Wildman–Crippen MR) is 152 cm³/mol. The molecule has 0 radical (unpaired) electrons.